The van der Waals surface area contributed by atoms with Crippen LogP contribution in [0, 0.1) is 11.6 Å². The Labute approximate surface area is 78.7 Å². The van der Waals surface area contributed by atoms with E-state index in [-0.39, 0.29) is 6.61 Å². The normalized spacial score (nSPS) is 11.1. The lowest BCUT2D eigenvalue weighted by atomic mass is 10.3. The van der Waals surface area contributed by atoms with Crippen molar-refractivity contribution < 1.29 is 13.5 Å². The Morgan fingerprint density at radius 2 is 2.07 bits per heavy atom. The molecular formula is C9H8F2N2O. The predicted molar refractivity (Wildman–Crippen MR) is 46.7 cm³/mol. The molecule has 0 aliphatic rings. The maximum Gasteiger partial charge on any atom is 0.161 e. The van der Waals surface area contributed by atoms with Crippen LogP contribution in [0.3, 0.4) is 0 Å². The van der Waals surface area contributed by atoms with Gasteiger partial charge in [0.15, 0.2) is 11.6 Å². The third-order valence-corrected chi connectivity index (χ3v) is 1.85. The lowest BCUT2D eigenvalue weighted by molar-refractivity contribution is 0.179. The number of halogens is 2. The largest absolute Gasteiger partial charge is 0.377 e. The zero-order valence-corrected chi connectivity index (χ0v) is 7.47. The molecule has 0 spiro atoms. The van der Waals surface area contributed by atoms with Crippen LogP contribution in [0.5, 0.6) is 0 Å². The molecule has 0 aliphatic carbocycles. The van der Waals surface area contributed by atoms with Crippen molar-refractivity contribution in [3.05, 3.63) is 29.6 Å². The number of aromatic amines is 1. The number of fused-ring (bicyclic) bond motifs is 1. The fraction of sp³-hybridized carbons (Fsp3) is 0.222. The summed E-state index contributed by atoms with van der Waals surface area (Å²) in [6, 6.07) is 2.14. The molecule has 1 N–H and O–H groups in total. The van der Waals surface area contributed by atoms with E-state index < -0.39 is 11.6 Å². The summed E-state index contributed by atoms with van der Waals surface area (Å²) in [5.41, 5.74) is 0.868. The monoisotopic (exact) mass is 198 g/mol. The highest BCUT2D eigenvalue weighted by molar-refractivity contribution is 5.75. The first-order chi connectivity index (χ1) is 6.70. The molecule has 74 valence electrons. The Kier molecular flexibility index (Phi) is 2.17. The number of rotatable bonds is 2. The lowest BCUT2D eigenvalue weighted by Crippen LogP contribution is -1.88. The summed E-state index contributed by atoms with van der Waals surface area (Å²) >= 11 is 0. The standard InChI is InChI=1S/C9H8F2N2O/c1-14-4-9-12-7-2-5(10)6(11)3-8(7)13-9/h2-3H,4H2,1H3,(H,12,13). The molecule has 3 nitrogen and oxygen atoms in total. The maximum absolute atomic E-state index is 12.8. The molecule has 5 heteroatoms. The van der Waals surface area contributed by atoms with Crippen molar-refractivity contribution in [3.8, 4) is 0 Å². The Hall–Kier alpha value is -1.49. The molecule has 0 saturated carbocycles. The highest BCUT2D eigenvalue weighted by Crippen LogP contribution is 2.16. The van der Waals surface area contributed by atoms with Gasteiger partial charge in [0.1, 0.15) is 12.4 Å². The fourth-order valence-electron chi connectivity index (χ4n) is 1.26. The molecule has 0 aliphatic heterocycles. The summed E-state index contributed by atoms with van der Waals surface area (Å²) in [5, 5.41) is 0. The van der Waals surface area contributed by atoms with Crippen molar-refractivity contribution in [2.24, 2.45) is 0 Å². The van der Waals surface area contributed by atoms with Gasteiger partial charge in [-0.2, -0.15) is 0 Å². The Morgan fingerprint density at radius 1 is 1.36 bits per heavy atom. The molecule has 0 amide bonds. The van der Waals surface area contributed by atoms with E-state index in [9.17, 15) is 8.78 Å². The number of imidazole rings is 1. The number of benzene rings is 1. The smallest absolute Gasteiger partial charge is 0.161 e. The maximum atomic E-state index is 12.8. The number of methoxy groups -OCH3 is 1. The second-order valence-electron chi connectivity index (χ2n) is 2.90. The fourth-order valence-corrected chi connectivity index (χ4v) is 1.26. The molecule has 14 heavy (non-hydrogen) atoms. The number of nitrogens with one attached hydrogen (secondary N) is 1. The number of hydrogen-bond donors (Lipinski definition) is 1. The van der Waals surface area contributed by atoms with Gasteiger partial charge in [-0.1, -0.05) is 0 Å². The molecule has 1 aromatic heterocycles. The van der Waals surface area contributed by atoms with Gasteiger partial charge >= 0.3 is 0 Å². The van der Waals surface area contributed by atoms with E-state index >= 15 is 0 Å². The van der Waals surface area contributed by atoms with Crippen LogP contribution in [0.2, 0.25) is 0 Å². The van der Waals surface area contributed by atoms with Crippen molar-refractivity contribution in [1.82, 2.24) is 9.97 Å². The Balaban J connectivity index is 2.54. The molecule has 1 aromatic carbocycles. The van der Waals surface area contributed by atoms with Crippen molar-refractivity contribution >= 4 is 11.0 Å². The van der Waals surface area contributed by atoms with Crippen LogP contribution >= 0.6 is 0 Å². The third-order valence-electron chi connectivity index (χ3n) is 1.85. The van der Waals surface area contributed by atoms with Gasteiger partial charge in [-0.05, 0) is 0 Å². The van der Waals surface area contributed by atoms with E-state index in [0.717, 1.165) is 12.1 Å². The average molecular weight is 198 g/mol. The van der Waals surface area contributed by atoms with Crippen LogP contribution in [0.25, 0.3) is 11.0 Å². The summed E-state index contributed by atoms with van der Waals surface area (Å²) in [4.78, 5) is 6.84. The van der Waals surface area contributed by atoms with E-state index in [0.29, 0.717) is 16.9 Å². The predicted octanol–water partition coefficient (Wildman–Crippen LogP) is 1.99. The van der Waals surface area contributed by atoms with Gasteiger partial charge in [0.05, 0.1) is 11.0 Å². The first-order valence-corrected chi connectivity index (χ1v) is 4.03. The van der Waals surface area contributed by atoms with E-state index in [4.69, 9.17) is 4.74 Å². The molecule has 0 unspecified atom stereocenters. The van der Waals surface area contributed by atoms with Crippen LogP contribution < -0.4 is 0 Å². The molecule has 1 heterocycles. The minimum atomic E-state index is -0.895. The third kappa shape index (κ3) is 1.46. The number of ether oxygens (including phenoxy) is 1. The summed E-state index contributed by atoms with van der Waals surface area (Å²) in [6.07, 6.45) is 0. The minimum absolute atomic E-state index is 0.290. The number of nitrogens with zero attached hydrogens (tertiary/aromatic N) is 1. The molecule has 0 fully saturated rings. The SMILES string of the molecule is COCc1nc2cc(F)c(F)cc2[nH]1. The molecule has 2 rings (SSSR count). The molecule has 2 aromatic rings. The van der Waals surface area contributed by atoms with E-state index in [1.54, 1.807) is 0 Å². The lowest BCUT2D eigenvalue weighted by Gasteiger charge is -1.90. The van der Waals surface area contributed by atoms with Crippen molar-refractivity contribution in [2.75, 3.05) is 7.11 Å². The Morgan fingerprint density at radius 3 is 2.79 bits per heavy atom. The molecule has 0 saturated heterocycles. The highest BCUT2D eigenvalue weighted by Gasteiger charge is 2.07. The van der Waals surface area contributed by atoms with Crippen LogP contribution in [-0.2, 0) is 11.3 Å². The zero-order chi connectivity index (χ0) is 10.1. The van der Waals surface area contributed by atoms with E-state index in [1.807, 2.05) is 0 Å². The number of H-pyrrole nitrogens is 1. The first-order valence-electron chi connectivity index (χ1n) is 4.03. The number of hydrogen-bond acceptors (Lipinski definition) is 2. The van der Waals surface area contributed by atoms with E-state index in [1.165, 1.54) is 7.11 Å². The molecule has 0 atom stereocenters. The highest BCUT2D eigenvalue weighted by atomic mass is 19.2. The van der Waals surface area contributed by atoms with Crippen molar-refractivity contribution in [3.63, 3.8) is 0 Å². The summed E-state index contributed by atoms with van der Waals surface area (Å²) in [5.74, 6) is -1.23. The van der Waals surface area contributed by atoms with Gasteiger partial charge in [0, 0.05) is 19.2 Å². The summed E-state index contributed by atoms with van der Waals surface area (Å²) < 4.78 is 30.4. The second kappa shape index (κ2) is 3.34. The van der Waals surface area contributed by atoms with Crippen molar-refractivity contribution in [1.29, 1.82) is 0 Å². The van der Waals surface area contributed by atoms with Crippen LogP contribution in [0.15, 0.2) is 12.1 Å². The van der Waals surface area contributed by atoms with Crippen LogP contribution in [0.1, 0.15) is 5.82 Å². The van der Waals surface area contributed by atoms with Gasteiger partial charge in [-0.15, -0.1) is 0 Å². The summed E-state index contributed by atoms with van der Waals surface area (Å²) in [6.45, 7) is 0.290. The van der Waals surface area contributed by atoms with Gasteiger partial charge in [0.2, 0.25) is 0 Å². The topological polar surface area (TPSA) is 37.9 Å². The molecule has 0 bridgehead atoms. The van der Waals surface area contributed by atoms with Gasteiger partial charge < -0.3 is 9.72 Å². The first kappa shape index (κ1) is 9.08. The number of aromatic nitrogens is 2. The van der Waals surface area contributed by atoms with Gasteiger partial charge in [-0.3, -0.25) is 0 Å². The second-order valence-corrected chi connectivity index (χ2v) is 2.90. The molecule has 0 radical (unpaired) electrons. The zero-order valence-electron chi connectivity index (χ0n) is 7.47. The van der Waals surface area contributed by atoms with Crippen LogP contribution in [-0.4, -0.2) is 17.1 Å². The van der Waals surface area contributed by atoms with Gasteiger partial charge in [-0.25, -0.2) is 13.8 Å². The average Bonchev–Trinajstić information content (AvgIpc) is 2.48. The van der Waals surface area contributed by atoms with E-state index in [2.05, 4.69) is 9.97 Å². The van der Waals surface area contributed by atoms with Gasteiger partial charge in [0.25, 0.3) is 0 Å². The Bertz CT molecular complexity index is 428. The minimum Gasteiger partial charge on any atom is -0.377 e. The molecular weight excluding hydrogens is 190 g/mol. The van der Waals surface area contributed by atoms with Crippen LogP contribution in [0.4, 0.5) is 8.78 Å². The quantitative estimate of drug-likeness (QED) is 0.801. The summed E-state index contributed by atoms with van der Waals surface area (Å²) in [7, 11) is 1.52. The van der Waals surface area contributed by atoms with Crippen molar-refractivity contribution in [2.45, 2.75) is 6.61 Å².